The van der Waals surface area contributed by atoms with Crippen LogP contribution in [-0.2, 0) is 4.79 Å². The lowest BCUT2D eigenvalue weighted by atomic mass is 10.3. The molecule has 0 aliphatic rings. The van der Waals surface area contributed by atoms with Gasteiger partial charge in [0, 0.05) is 19.4 Å². The van der Waals surface area contributed by atoms with Crippen LogP contribution < -0.4 is 0 Å². The first-order valence-corrected chi connectivity index (χ1v) is 4.77. The van der Waals surface area contributed by atoms with Crippen LogP contribution in [0.1, 0.15) is 10.5 Å². The van der Waals surface area contributed by atoms with Crippen molar-refractivity contribution in [2.75, 3.05) is 19.5 Å². The van der Waals surface area contributed by atoms with E-state index in [-0.39, 0.29) is 29.8 Å². The molecule has 0 radical (unpaired) electrons. The number of alkyl halides is 1. The predicted octanol–water partition coefficient (Wildman–Crippen LogP) is 0.356. The summed E-state index contributed by atoms with van der Waals surface area (Å²) in [5, 5.41) is 0. The van der Waals surface area contributed by atoms with Gasteiger partial charge >= 0.3 is 0 Å². The van der Waals surface area contributed by atoms with Gasteiger partial charge in [-0.3, -0.25) is 14.6 Å². The summed E-state index contributed by atoms with van der Waals surface area (Å²) in [5.74, 6) is -0.692. The lowest BCUT2D eigenvalue weighted by molar-refractivity contribution is -0.126. The summed E-state index contributed by atoms with van der Waals surface area (Å²) in [6.45, 7) is -0.0375. The third kappa shape index (κ3) is 3.28. The number of rotatable bonds is 4. The van der Waals surface area contributed by atoms with Gasteiger partial charge in [0.05, 0.1) is 12.7 Å². The van der Waals surface area contributed by atoms with Crippen molar-refractivity contribution in [1.82, 2.24) is 14.9 Å². The highest BCUT2D eigenvalue weighted by Gasteiger charge is 2.14. The minimum Gasteiger partial charge on any atom is -0.337 e. The highest BCUT2D eigenvalue weighted by atomic mass is 35.5. The molecular weight excluding hydrogens is 218 g/mol. The minimum absolute atomic E-state index is 0.0375. The first-order valence-electron chi connectivity index (χ1n) is 4.24. The average Bonchev–Trinajstić information content (AvgIpc) is 2.29. The third-order valence-electron chi connectivity index (χ3n) is 1.77. The molecule has 1 aromatic rings. The molecule has 0 aromatic carbocycles. The second kappa shape index (κ2) is 5.41. The fraction of sp³-hybridized carbons (Fsp3) is 0.333. The molecule has 1 rings (SSSR count). The largest absolute Gasteiger partial charge is 0.337 e. The van der Waals surface area contributed by atoms with E-state index < -0.39 is 0 Å². The number of nitrogens with zero attached hydrogens (tertiary/aromatic N) is 3. The number of halogens is 1. The molecule has 0 N–H and O–H groups in total. The zero-order valence-electron chi connectivity index (χ0n) is 8.18. The van der Waals surface area contributed by atoms with Crippen LogP contribution in [0.2, 0.25) is 0 Å². The minimum atomic E-state index is -0.297. The molecular formula is C9H10ClN3O2. The van der Waals surface area contributed by atoms with Crippen molar-refractivity contribution in [3.63, 3.8) is 0 Å². The van der Waals surface area contributed by atoms with Gasteiger partial charge < -0.3 is 4.90 Å². The Hall–Kier alpha value is -1.49. The van der Waals surface area contributed by atoms with Crippen LogP contribution in [0.5, 0.6) is 0 Å². The number of aromatic nitrogens is 2. The smallest absolute Gasteiger partial charge is 0.237 e. The number of hydrogen-bond donors (Lipinski definition) is 0. The van der Waals surface area contributed by atoms with E-state index in [2.05, 4.69) is 9.97 Å². The number of carbonyl (C=O) groups is 2. The van der Waals surface area contributed by atoms with Crippen molar-refractivity contribution >= 4 is 23.3 Å². The van der Waals surface area contributed by atoms with Gasteiger partial charge in [0.15, 0.2) is 0 Å². The summed E-state index contributed by atoms with van der Waals surface area (Å²) in [4.78, 5) is 31.5. The Labute approximate surface area is 92.1 Å². The number of likely N-dealkylation sites (N-methyl/N-ethyl adjacent to an activating group) is 1. The Morgan fingerprint density at radius 2 is 2.20 bits per heavy atom. The van der Waals surface area contributed by atoms with Gasteiger partial charge in [-0.1, -0.05) is 0 Å². The molecule has 0 unspecified atom stereocenters. The molecule has 80 valence electrons. The molecule has 0 bridgehead atoms. The van der Waals surface area contributed by atoms with Gasteiger partial charge in [0.2, 0.25) is 11.7 Å². The summed E-state index contributed by atoms with van der Waals surface area (Å²) < 4.78 is 0. The zero-order valence-corrected chi connectivity index (χ0v) is 8.94. The Kier molecular flexibility index (Phi) is 4.17. The molecule has 15 heavy (non-hydrogen) atoms. The molecule has 1 aromatic heterocycles. The maximum absolute atomic E-state index is 11.5. The van der Waals surface area contributed by atoms with Gasteiger partial charge in [-0.15, -0.1) is 11.6 Å². The van der Waals surface area contributed by atoms with E-state index in [1.807, 2.05) is 0 Å². The lowest BCUT2D eigenvalue weighted by Crippen LogP contribution is -2.33. The molecule has 1 heterocycles. The maximum atomic E-state index is 11.5. The van der Waals surface area contributed by atoms with Crippen LogP contribution in [-0.4, -0.2) is 46.0 Å². The highest BCUT2D eigenvalue weighted by Crippen LogP contribution is 1.96. The van der Waals surface area contributed by atoms with Crippen molar-refractivity contribution in [2.45, 2.75) is 0 Å². The summed E-state index contributed by atoms with van der Waals surface area (Å²) in [5.41, 5.74) is 0.242. The summed E-state index contributed by atoms with van der Waals surface area (Å²) in [6.07, 6.45) is 4.27. The molecule has 6 heteroatoms. The second-order valence-electron chi connectivity index (χ2n) is 2.90. The average molecular weight is 228 g/mol. The predicted molar refractivity (Wildman–Crippen MR) is 54.7 cm³/mol. The van der Waals surface area contributed by atoms with Crippen LogP contribution in [0.3, 0.4) is 0 Å². The molecule has 0 aliphatic carbocycles. The molecule has 0 saturated heterocycles. The Bertz CT molecular complexity index is 356. The number of amides is 1. The Morgan fingerprint density at radius 1 is 1.47 bits per heavy atom. The van der Waals surface area contributed by atoms with E-state index in [0.717, 1.165) is 0 Å². The van der Waals surface area contributed by atoms with Crippen LogP contribution in [0.15, 0.2) is 18.6 Å². The van der Waals surface area contributed by atoms with Gasteiger partial charge in [-0.25, -0.2) is 4.98 Å². The van der Waals surface area contributed by atoms with Gasteiger partial charge in [-0.2, -0.15) is 0 Å². The van der Waals surface area contributed by atoms with Crippen molar-refractivity contribution in [3.05, 3.63) is 24.3 Å². The molecule has 0 atom stereocenters. The van der Waals surface area contributed by atoms with E-state index in [0.29, 0.717) is 0 Å². The second-order valence-corrected chi connectivity index (χ2v) is 3.16. The van der Waals surface area contributed by atoms with Crippen molar-refractivity contribution in [3.8, 4) is 0 Å². The quantitative estimate of drug-likeness (QED) is 0.550. The SMILES string of the molecule is CN(CC(=O)c1cnccn1)C(=O)CCl. The van der Waals surface area contributed by atoms with Gasteiger partial charge in [0.1, 0.15) is 11.6 Å². The van der Waals surface area contributed by atoms with Crippen molar-refractivity contribution in [2.24, 2.45) is 0 Å². The van der Waals surface area contributed by atoms with E-state index in [9.17, 15) is 9.59 Å². The number of hydrogen-bond acceptors (Lipinski definition) is 4. The van der Waals surface area contributed by atoms with Crippen molar-refractivity contribution in [1.29, 1.82) is 0 Å². The molecule has 0 aliphatic heterocycles. The topological polar surface area (TPSA) is 63.2 Å². The monoisotopic (exact) mass is 227 g/mol. The van der Waals surface area contributed by atoms with E-state index in [4.69, 9.17) is 11.6 Å². The number of Topliss-reactive ketones (excluding diaryl/α,β-unsaturated/α-hetero) is 1. The van der Waals surface area contributed by atoms with E-state index >= 15 is 0 Å². The van der Waals surface area contributed by atoms with Gasteiger partial charge in [0.25, 0.3) is 0 Å². The first-order chi connectivity index (χ1) is 7.15. The molecule has 0 spiro atoms. The van der Waals surface area contributed by atoms with Gasteiger partial charge in [-0.05, 0) is 0 Å². The first kappa shape index (κ1) is 11.6. The normalized spacial score (nSPS) is 9.73. The molecule has 0 saturated carbocycles. The van der Waals surface area contributed by atoms with Crippen molar-refractivity contribution < 1.29 is 9.59 Å². The summed E-state index contributed by atoms with van der Waals surface area (Å²) in [6, 6.07) is 0. The Morgan fingerprint density at radius 3 is 2.73 bits per heavy atom. The van der Waals surface area contributed by atoms with E-state index in [1.165, 1.54) is 30.5 Å². The summed E-state index contributed by atoms with van der Waals surface area (Å²) >= 11 is 5.35. The lowest BCUT2D eigenvalue weighted by Gasteiger charge is -2.13. The summed E-state index contributed by atoms with van der Waals surface area (Å²) in [7, 11) is 1.51. The van der Waals surface area contributed by atoms with Crippen LogP contribution in [0, 0.1) is 0 Å². The van der Waals surface area contributed by atoms with Crippen LogP contribution >= 0.6 is 11.6 Å². The fourth-order valence-electron chi connectivity index (χ4n) is 0.930. The number of ketones is 1. The Balaban J connectivity index is 2.61. The number of carbonyl (C=O) groups excluding carboxylic acids is 2. The standard InChI is InChI=1S/C9H10ClN3O2/c1-13(9(15)4-10)6-8(14)7-5-11-2-3-12-7/h2-3,5H,4,6H2,1H3. The zero-order chi connectivity index (χ0) is 11.3. The van der Waals surface area contributed by atoms with Crippen LogP contribution in [0.4, 0.5) is 0 Å². The molecule has 0 fully saturated rings. The third-order valence-corrected chi connectivity index (χ3v) is 2.00. The van der Waals surface area contributed by atoms with E-state index in [1.54, 1.807) is 0 Å². The van der Waals surface area contributed by atoms with Crippen LogP contribution in [0.25, 0.3) is 0 Å². The highest BCUT2D eigenvalue weighted by molar-refractivity contribution is 6.27. The molecule has 1 amide bonds. The maximum Gasteiger partial charge on any atom is 0.237 e. The molecule has 5 nitrogen and oxygen atoms in total. The fourth-order valence-corrected chi connectivity index (χ4v) is 1.13.